The van der Waals surface area contributed by atoms with Gasteiger partial charge in [0.1, 0.15) is 0 Å². The highest BCUT2D eigenvalue weighted by Gasteiger charge is 2.20. The maximum Gasteiger partial charge on any atom is 0.228 e. The molecule has 2 rings (SSSR count). The van der Waals surface area contributed by atoms with Gasteiger partial charge in [-0.05, 0) is 37.6 Å². The third-order valence-electron chi connectivity index (χ3n) is 3.59. The fourth-order valence-corrected chi connectivity index (χ4v) is 2.28. The number of carbonyl (C=O) groups is 2. The quantitative estimate of drug-likeness (QED) is 0.796. The van der Waals surface area contributed by atoms with Crippen molar-refractivity contribution in [3.05, 3.63) is 24.3 Å². The van der Waals surface area contributed by atoms with Crippen LogP contribution in [-0.4, -0.2) is 24.9 Å². The highest BCUT2D eigenvalue weighted by Crippen LogP contribution is 2.18. The van der Waals surface area contributed by atoms with Gasteiger partial charge in [-0.25, -0.2) is 0 Å². The second-order valence-corrected chi connectivity index (χ2v) is 5.76. The fourth-order valence-electron chi connectivity index (χ4n) is 2.28. The van der Waals surface area contributed by atoms with Gasteiger partial charge in [0.15, 0.2) is 0 Å². The first kappa shape index (κ1) is 15.5. The van der Waals surface area contributed by atoms with Crippen LogP contribution in [0.4, 0.5) is 11.4 Å². The average Bonchev–Trinajstić information content (AvgIpc) is 2.48. The number of carbonyl (C=O) groups excluding carboxylic acids is 2. The van der Waals surface area contributed by atoms with Gasteiger partial charge in [-0.2, -0.15) is 0 Å². The molecule has 5 heteroatoms. The zero-order valence-electron chi connectivity index (χ0n) is 12.6. The van der Waals surface area contributed by atoms with Crippen molar-refractivity contribution < 1.29 is 9.59 Å². The van der Waals surface area contributed by atoms with Crippen LogP contribution in [0.5, 0.6) is 0 Å². The van der Waals surface area contributed by atoms with Crippen LogP contribution in [0.1, 0.15) is 26.7 Å². The molecular weight excluding hydrogens is 266 g/mol. The van der Waals surface area contributed by atoms with Gasteiger partial charge in [-0.15, -0.1) is 0 Å². The molecule has 21 heavy (non-hydrogen) atoms. The first-order valence-corrected chi connectivity index (χ1v) is 7.49. The standard InChI is InChI=1S/C16H23N3O2/c1-11(2)15(20)18-13-6-3-7-14(9-13)19-16(21)12-5-4-8-17-10-12/h3,6-7,9,11-12,17H,4-5,8,10H2,1-2H3,(H,18,20)(H,19,21). The molecule has 1 unspecified atom stereocenters. The van der Waals surface area contributed by atoms with Crippen molar-refractivity contribution in [3.63, 3.8) is 0 Å². The molecule has 1 aromatic carbocycles. The zero-order valence-corrected chi connectivity index (χ0v) is 12.6. The summed E-state index contributed by atoms with van der Waals surface area (Å²) in [5, 5.41) is 8.99. The number of piperidine rings is 1. The maximum absolute atomic E-state index is 12.2. The molecule has 1 aliphatic heterocycles. The Bertz CT molecular complexity index is 508. The van der Waals surface area contributed by atoms with E-state index in [1.807, 2.05) is 32.0 Å². The van der Waals surface area contributed by atoms with E-state index >= 15 is 0 Å². The monoisotopic (exact) mass is 289 g/mol. The van der Waals surface area contributed by atoms with Crippen molar-refractivity contribution in [2.45, 2.75) is 26.7 Å². The molecule has 0 aromatic heterocycles. The van der Waals surface area contributed by atoms with Gasteiger partial charge in [-0.3, -0.25) is 9.59 Å². The number of benzene rings is 1. The highest BCUT2D eigenvalue weighted by molar-refractivity contribution is 5.95. The molecule has 1 saturated heterocycles. The number of nitrogens with one attached hydrogen (secondary N) is 3. The molecule has 0 aliphatic carbocycles. The van der Waals surface area contributed by atoms with Gasteiger partial charge >= 0.3 is 0 Å². The minimum atomic E-state index is -0.0726. The van der Waals surface area contributed by atoms with Crippen LogP contribution in [0.15, 0.2) is 24.3 Å². The number of hydrogen-bond acceptors (Lipinski definition) is 3. The lowest BCUT2D eigenvalue weighted by Gasteiger charge is -2.22. The van der Waals surface area contributed by atoms with E-state index in [0.29, 0.717) is 11.4 Å². The second-order valence-electron chi connectivity index (χ2n) is 5.76. The van der Waals surface area contributed by atoms with Crippen molar-refractivity contribution in [1.82, 2.24) is 5.32 Å². The van der Waals surface area contributed by atoms with Crippen molar-refractivity contribution in [2.75, 3.05) is 23.7 Å². The van der Waals surface area contributed by atoms with Crippen LogP contribution in [0.2, 0.25) is 0 Å². The molecule has 3 N–H and O–H groups in total. The van der Waals surface area contributed by atoms with E-state index in [1.165, 1.54) is 0 Å². The molecule has 0 spiro atoms. The molecule has 5 nitrogen and oxygen atoms in total. The first-order chi connectivity index (χ1) is 10.1. The summed E-state index contributed by atoms with van der Waals surface area (Å²) in [5.41, 5.74) is 1.42. The number of hydrogen-bond donors (Lipinski definition) is 3. The predicted octanol–water partition coefficient (Wildman–Crippen LogP) is 2.22. The summed E-state index contributed by atoms with van der Waals surface area (Å²) < 4.78 is 0. The summed E-state index contributed by atoms with van der Waals surface area (Å²) in [4.78, 5) is 23.9. The van der Waals surface area contributed by atoms with Gasteiger partial charge in [0.2, 0.25) is 11.8 Å². The van der Waals surface area contributed by atoms with E-state index < -0.39 is 0 Å². The van der Waals surface area contributed by atoms with Crippen molar-refractivity contribution >= 4 is 23.2 Å². The van der Waals surface area contributed by atoms with Gasteiger partial charge in [0.25, 0.3) is 0 Å². The Hall–Kier alpha value is -1.88. The van der Waals surface area contributed by atoms with E-state index in [0.717, 1.165) is 25.9 Å². The van der Waals surface area contributed by atoms with Crippen molar-refractivity contribution in [2.24, 2.45) is 11.8 Å². The predicted molar refractivity (Wildman–Crippen MR) is 84.1 cm³/mol. The fraction of sp³-hybridized carbons (Fsp3) is 0.500. The molecule has 0 bridgehead atoms. The van der Waals surface area contributed by atoms with Gasteiger partial charge in [0, 0.05) is 23.8 Å². The smallest absolute Gasteiger partial charge is 0.228 e. The van der Waals surface area contributed by atoms with E-state index in [9.17, 15) is 9.59 Å². The normalized spacial score (nSPS) is 18.3. The number of anilines is 2. The minimum absolute atomic E-state index is 0.0210. The Morgan fingerprint density at radius 3 is 2.57 bits per heavy atom. The molecule has 114 valence electrons. The van der Waals surface area contributed by atoms with E-state index in [2.05, 4.69) is 16.0 Å². The van der Waals surface area contributed by atoms with Crippen molar-refractivity contribution in [1.29, 1.82) is 0 Å². The highest BCUT2D eigenvalue weighted by atomic mass is 16.2. The topological polar surface area (TPSA) is 70.2 Å². The molecule has 1 aromatic rings. The Balaban J connectivity index is 1.97. The number of rotatable bonds is 4. The summed E-state index contributed by atoms with van der Waals surface area (Å²) >= 11 is 0. The molecule has 1 heterocycles. The lowest BCUT2D eigenvalue weighted by Crippen LogP contribution is -2.37. The van der Waals surface area contributed by atoms with Crippen LogP contribution in [0.3, 0.4) is 0 Å². The summed E-state index contributed by atoms with van der Waals surface area (Å²) in [7, 11) is 0. The molecule has 1 atom stereocenters. The lowest BCUT2D eigenvalue weighted by molar-refractivity contribution is -0.120. The molecule has 1 fully saturated rings. The summed E-state index contributed by atoms with van der Waals surface area (Å²) in [6.45, 7) is 5.41. The van der Waals surface area contributed by atoms with E-state index in [4.69, 9.17) is 0 Å². The Kier molecular flexibility index (Phi) is 5.33. The Labute approximate surface area is 125 Å². The first-order valence-electron chi connectivity index (χ1n) is 7.49. The van der Waals surface area contributed by atoms with Gasteiger partial charge < -0.3 is 16.0 Å². The van der Waals surface area contributed by atoms with Crippen LogP contribution in [0, 0.1) is 11.8 Å². The Morgan fingerprint density at radius 1 is 1.24 bits per heavy atom. The van der Waals surface area contributed by atoms with Crippen LogP contribution < -0.4 is 16.0 Å². The van der Waals surface area contributed by atoms with Crippen LogP contribution in [-0.2, 0) is 9.59 Å². The summed E-state index contributed by atoms with van der Waals surface area (Å²) in [6.07, 6.45) is 1.95. The molecular formula is C16H23N3O2. The summed E-state index contributed by atoms with van der Waals surface area (Å²) in [6, 6.07) is 7.26. The molecule has 2 amide bonds. The number of amides is 2. The maximum atomic E-state index is 12.2. The van der Waals surface area contributed by atoms with Crippen LogP contribution in [0.25, 0.3) is 0 Å². The Morgan fingerprint density at radius 2 is 1.95 bits per heavy atom. The van der Waals surface area contributed by atoms with Gasteiger partial charge in [0.05, 0.1) is 5.92 Å². The zero-order chi connectivity index (χ0) is 15.2. The van der Waals surface area contributed by atoms with Crippen molar-refractivity contribution in [3.8, 4) is 0 Å². The average molecular weight is 289 g/mol. The van der Waals surface area contributed by atoms with Crippen LogP contribution >= 0.6 is 0 Å². The summed E-state index contributed by atoms with van der Waals surface area (Å²) in [5.74, 6) is -0.0475. The molecule has 0 saturated carbocycles. The third kappa shape index (κ3) is 4.56. The minimum Gasteiger partial charge on any atom is -0.326 e. The molecule has 0 radical (unpaired) electrons. The third-order valence-corrected chi connectivity index (χ3v) is 3.59. The van der Waals surface area contributed by atoms with Gasteiger partial charge in [-0.1, -0.05) is 19.9 Å². The van der Waals surface area contributed by atoms with E-state index in [1.54, 1.807) is 6.07 Å². The SMILES string of the molecule is CC(C)C(=O)Nc1cccc(NC(=O)C2CCCNC2)c1. The van der Waals surface area contributed by atoms with E-state index in [-0.39, 0.29) is 23.7 Å². The largest absolute Gasteiger partial charge is 0.326 e. The second kappa shape index (κ2) is 7.22. The molecule has 1 aliphatic rings. The lowest BCUT2D eigenvalue weighted by atomic mass is 9.99.